The zero-order chi connectivity index (χ0) is 12.3. The number of piperazine rings is 1. The summed E-state index contributed by atoms with van der Waals surface area (Å²) in [6.07, 6.45) is 0.455. The molecule has 0 aliphatic carbocycles. The lowest BCUT2D eigenvalue weighted by atomic mass is 10.0. The summed E-state index contributed by atoms with van der Waals surface area (Å²) in [7, 11) is 0. The molecule has 17 heavy (non-hydrogen) atoms. The van der Waals surface area contributed by atoms with Gasteiger partial charge in [0.15, 0.2) is 0 Å². The molecule has 0 bridgehead atoms. The highest BCUT2D eigenvalue weighted by molar-refractivity contribution is 5.97. The van der Waals surface area contributed by atoms with E-state index in [-0.39, 0.29) is 18.4 Å². The first kappa shape index (κ1) is 11.6. The lowest BCUT2D eigenvalue weighted by molar-refractivity contribution is -0.137. The molecule has 2 amide bonds. The van der Waals surface area contributed by atoms with Gasteiger partial charge in [0.2, 0.25) is 11.8 Å². The molecule has 0 saturated carbocycles. The van der Waals surface area contributed by atoms with Crippen molar-refractivity contribution in [2.45, 2.75) is 18.5 Å². The molecule has 1 aliphatic heterocycles. The summed E-state index contributed by atoms with van der Waals surface area (Å²) in [5, 5.41) is 14.0. The molecule has 1 fully saturated rings. The molecule has 1 aromatic rings. The van der Waals surface area contributed by atoms with Crippen LogP contribution >= 0.6 is 0 Å². The second-order valence-electron chi connectivity index (χ2n) is 3.99. The quantitative estimate of drug-likeness (QED) is 0.641. The Morgan fingerprint density at radius 2 is 1.59 bits per heavy atom. The zero-order valence-electron chi connectivity index (χ0n) is 9.22. The van der Waals surface area contributed by atoms with Crippen LogP contribution in [-0.4, -0.2) is 35.6 Å². The van der Waals surface area contributed by atoms with Crippen LogP contribution in [0, 0.1) is 0 Å². The number of aliphatic hydroxyl groups is 1. The molecule has 0 aromatic heterocycles. The first-order chi connectivity index (χ1) is 8.20. The minimum absolute atomic E-state index is 0.257. The molecule has 2 rings (SSSR count). The van der Waals surface area contributed by atoms with Gasteiger partial charge in [-0.1, -0.05) is 30.3 Å². The fraction of sp³-hybridized carbons (Fsp3) is 0.333. The summed E-state index contributed by atoms with van der Waals surface area (Å²) in [6.45, 7) is -0.379. The van der Waals surface area contributed by atoms with E-state index in [0.717, 1.165) is 5.56 Å². The molecular weight excluding hydrogens is 220 g/mol. The standard InChI is InChI=1S/C12H14N2O3/c15-7-10-12(17)13-9(11(16)14-10)6-8-4-2-1-3-5-8/h1-5,9-10,15H,6-7H2,(H,13,17)(H,14,16)/t9-,10-/m0/s1. The lowest BCUT2D eigenvalue weighted by Gasteiger charge is -2.28. The summed E-state index contributed by atoms with van der Waals surface area (Å²) in [5.41, 5.74) is 0.982. The Labute approximate surface area is 98.8 Å². The van der Waals surface area contributed by atoms with E-state index in [1.807, 2.05) is 30.3 Å². The molecule has 0 unspecified atom stereocenters. The van der Waals surface area contributed by atoms with Gasteiger partial charge in [0.05, 0.1) is 6.61 Å². The summed E-state index contributed by atoms with van der Waals surface area (Å²) >= 11 is 0. The molecule has 3 N–H and O–H groups in total. The van der Waals surface area contributed by atoms with Crippen molar-refractivity contribution in [2.24, 2.45) is 0 Å². The summed E-state index contributed by atoms with van der Waals surface area (Å²) in [6, 6.07) is 8.07. The highest BCUT2D eigenvalue weighted by Crippen LogP contribution is 2.06. The maximum Gasteiger partial charge on any atom is 0.245 e. The predicted octanol–water partition coefficient (Wildman–Crippen LogP) is -0.795. The number of carbonyl (C=O) groups excluding carboxylic acids is 2. The third kappa shape index (κ3) is 2.62. The third-order valence-electron chi connectivity index (χ3n) is 2.73. The SMILES string of the molecule is O=C1N[C@@H](Cc2ccccc2)C(=O)N[C@H]1CO. The normalized spacial score (nSPS) is 24.1. The van der Waals surface area contributed by atoms with Gasteiger partial charge >= 0.3 is 0 Å². The number of amides is 2. The molecule has 5 nitrogen and oxygen atoms in total. The van der Waals surface area contributed by atoms with E-state index in [2.05, 4.69) is 10.6 Å². The van der Waals surface area contributed by atoms with Crippen LogP contribution in [0.3, 0.4) is 0 Å². The predicted molar refractivity (Wildman–Crippen MR) is 61.1 cm³/mol. The number of hydrogen-bond acceptors (Lipinski definition) is 3. The van der Waals surface area contributed by atoms with Crippen molar-refractivity contribution in [3.05, 3.63) is 35.9 Å². The highest BCUT2D eigenvalue weighted by atomic mass is 16.3. The third-order valence-corrected chi connectivity index (χ3v) is 2.73. The summed E-state index contributed by atoms with van der Waals surface area (Å²) in [4.78, 5) is 23.2. The van der Waals surface area contributed by atoms with Crippen molar-refractivity contribution in [2.75, 3.05) is 6.61 Å². The van der Waals surface area contributed by atoms with Gasteiger partial charge in [0.25, 0.3) is 0 Å². The van der Waals surface area contributed by atoms with Gasteiger partial charge in [-0.3, -0.25) is 9.59 Å². The van der Waals surface area contributed by atoms with E-state index in [0.29, 0.717) is 6.42 Å². The van der Waals surface area contributed by atoms with Gasteiger partial charge in [0, 0.05) is 6.42 Å². The Morgan fingerprint density at radius 1 is 1.00 bits per heavy atom. The molecule has 90 valence electrons. The summed E-state index contributed by atoms with van der Waals surface area (Å²) in [5.74, 6) is -0.597. The number of hydrogen-bond donors (Lipinski definition) is 3. The molecule has 5 heteroatoms. The van der Waals surface area contributed by atoms with Gasteiger partial charge in [-0.05, 0) is 5.56 Å². The molecule has 0 radical (unpaired) electrons. The number of carbonyl (C=O) groups is 2. The minimum atomic E-state index is -0.825. The molecular formula is C12H14N2O3. The van der Waals surface area contributed by atoms with Crippen molar-refractivity contribution >= 4 is 11.8 Å². The Kier molecular flexibility index (Phi) is 3.39. The van der Waals surface area contributed by atoms with Crippen molar-refractivity contribution in [1.29, 1.82) is 0 Å². The van der Waals surface area contributed by atoms with Crippen LogP contribution in [0.2, 0.25) is 0 Å². The second-order valence-corrected chi connectivity index (χ2v) is 3.99. The van der Waals surface area contributed by atoms with Crippen molar-refractivity contribution in [3.8, 4) is 0 Å². The van der Waals surface area contributed by atoms with Crippen LogP contribution < -0.4 is 10.6 Å². The number of rotatable bonds is 3. The smallest absolute Gasteiger partial charge is 0.245 e. The fourth-order valence-corrected chi connectivity index (χ4v) is 1.80. The van der Waals surface area contributed by atoms with E-state index in [4.69, 9.17) is 5.11 Å². The van der Waals surface area contributed by atoms with Crippen molar-refractivity contribution < 1.29 is 14.7 Å². The Hall–Kier alpha value is -1.88. The first-order valence-corrected chi connectivity index (χ1v) is 5.46. The number of aliphatic hydroxyl groups excluding tert-OH is 1. The van der Waals surface area contributed by atoms with Crippen LogP contribution in [0.15, 0.2) is 30.3 Å². The van der Waals surface area contributed by atoms with E-state index in [1.165, 1.54) is 0 Å². The van der Waals surface area contributed by atoms with Gasteiger partial charge < -0.3 is 15.7 Å². The van der Waals surface area contributed by atoms with Crippen LogP contribution in [0.1, 0.15) is 5.56 Å². The van der Waals surface area contributed by atoms with E-state index in [1.54, 1.807) is 0 Å². The van der Waals surface area contributed by atoms with E-state index >= 15 is 0 Å². The fourth-order valence-electron chi connectivity index (χ4n) is 1.80. The van der Waals surface area contributed by atoms with Gasteiger partial charge in [-0.15, -0.1) is 0 Å². The number of benzene rings is 1. The van der Waals surface area contributed by atoms with Crippen LogP contribution in [0.4, 0.5) is 0 Å². The zero-order valence-corrected chi connectivity index (χ0v) is 9.22. The van der Waals surface area contributed by atoms with Crippen LogP contribution in [0.25, 0.3) is 0 Å². The highest BCUT2D eigenvalue weighted by Gasteiger charge is 2.32. The van der Waals surface area contributed by atoms with Crippen molar-refractivity contribution in [1.82, 2.24) is 10.6 Å². The minimum Gasteiger partial charge on any atom is -0.394 e. The van der Waals surface area contributed by atoms with E-state index in [9.17, 15) is 9.59 Å². The average Bonchev–Trinajstić information content (AvgIpc) is 2.34. The molecule has 1 aliphatic rings. The van der Waals surface area contributed by atoms with E-state index < -0.39 is 12.1 Å². The molecule has 2 atom stereocenters. The van der Waals surface area contributed by atoms with Gasteiger partial charge in [-0.2, -0.15) is 0 Å². The average molecular weight is 234 g/mol. The first-order valence-electron chi connectivity index (χ1n) is 5.46. The largest absolute Gasteiger partial charge is 0.394 e. The monoisotopic (exact) mass is 234 g/mol. The summed E-state index contributed by atoms with van der Waals surface area (Å²) < 4.78 is 0. The van der Waals surface area contributed by atoms with Crippen LogP contribution in [0.5, 0.6) is 0 Å². The molecule has 0 spiro atoms. The maximum absolute atomic E-state index is 11.7. The van der Waals surface area contributed by atoms with Gasteiger partial charge in [0.1, 0.15) is 12.1 Å². The molecule has 1 aromatic carbocycles. The van der Waals surface area contributed by atoms with Gasteiger partial charge in [-0.25, -0.2) is 0 Å². The second kappa shape index (κ2) is 4.97. The molecule has 1 heterocycles. The van der Waals surface area contributed by atoms with Crippen molar-refractivity contribution in [3.63, 3.8) is 0 Å². The number of nitrogens with one attached hydrogen (secondary N) is 2. The Morgan fingerprint density at radius 3 is 2.24 bits per heavy atom. The maximum atomic E-state index is 11.7. The Bertz CT molecular complexity index is 419. The topological polar surface area (TPSA) is 78.4 Å². The molecule has 1 saturated heterocycles. The van der Waals surface area contributed by atoms with Crippen LogP contribution in [-0.2, 0) is 16.0 Å². The lowest BCUT2D eigenvalue weighted by Crippen LogP contribution is -2.63. The Balaban J connectivity index is 2.03.